The zero-order valence-corrected chi connectivity index (χ0v) is 14.6. The third kappa shape index (κ3) is 6.15. The number of hydrogen-bond donors (Lipinski definition) is 1. The first-order chi connectivity index (χ1) is 11.7. The summed E-state index contributed by atoms with van der Waals surface area (Å²) >= 11 is 7.75. The van der Waals surface area contributed by atoms with Crippen molar-refractivity contribution < 1.29 is 9.53 Å². The quantitative estimate of drug-likeness (QED) is 0.573. The molecule has 4 nitrogen and oxygen atoms in total. The van der Waals surface area contributed by atoms with Gasteiger partial charge in [-0.15, -0.1) is 11.8 Å². The van der Waals surface area contributed by atoms with Crippen molar-refractivity contribution in [3.05, 3.63) is 59.1 Å². The Kier molecular flexibility index (Phi) is 7.47. The number of nitriles is 1. The molecule has 0 heterocycles. The largest absolute Gasteiger partial charge is 0.482 e. The summed E-state index contributed by atoms with van der Waals surface area (Å²) in [6.07, 6.45) is 0.878. The molecule has 0 atom stereocenters. The molecule has 6 heteroatoms. The predicted octanol–water partition coefficient (Wildman–Crippen LogP) is 3.89. The van der Waals surface area contributed by atoms with Gasteiger partial charge in [-0.3, -0.25) is 4.79 Å². The Morgan fingerprint density at radius 2 is 2.04 bits per heavy atom. The molecule has 0 aliphatic carbocycles. The number of amides is 1. The topological polar surface area (TPSA) is 62.1 Å². The van der Waals surface area contributed by atoms with Gasteiger partial charge in [0.25, 0.3) is 5.91 Å². The molecule has 0 fully saturated rings. The number of hydrogen-bond acceptors (Lipinski definition) is 4. The van der Waals surface area contributed by atoms with E-state index in [-0.39, 0.29) is 12.5 Å². The average Bonchev–Trinajstić information content (AvgIpc) is 2.61. The van der Waals surface area contributed by atoms with Gasteiger partial charge in [0, 0.05) is 11.4 Å². The maximum atomic E-state index is 11.7. The number of rotatable bonds is 8. The Balaban J connectivity index is 1.62. The van der Waals surface area contributed by atoms with Crippen LogP contribution in [-0.4, -0.2) is 24.8 Å². The normalized spacial score (nSPS) is 10.0. The van der Waals surface area contributed by atoms with Crippen LogP contribution in [0.2, 0.25) is 5.02 Å². The minimum atomic E-state index is -0.194. The number of halogens is 1. The summed E-state index contributed by atoms with van der Waals surface area (Å²) in [6.45, 7) is 0.501. The van der Waals surface area contributed by atoms with Crippen LogP contribution in [0.25, 0.3) is 0 Å². The Morgan fingerprint density at radius 3 is 2.75 bits per heavy atom. The number of carbonyl (C=O) groups is 1. The summed E-state index contributed by atoms with van der Waals surface area (Å²) in [5.74, 6) is 1.14. The van der Waals surface area contributed by atoms with Gasteiger partial charge in [-0.1, -0.05) is 29.8 Å². The molecule has 124 valence electrons. The van der Waals surface area contributed by atoms with Crippen molar-refractivity contribution in [1.29, 1.82) is 5.26 Å². The van der Waals surface area contributed by atoms with E-state index in [1.807, 2.05) is 24.3 Å². The summed E-state index contributed by atoms with van der Waals surface area (Å²) in [6, 6.07) is 16.8. The van der Waals surface area contributed by atoms with Crippen molar-refractivity contribution in [1.82, 2.24) is 5.32 Å². The molecule has 0 radical (unpaired) electrons. The molecular weight excluding hydrogens is 344 g/mol. The highest BCUT2D eigenvalue weighted by Crippen LogP contribution is 2.25. The van der Waals surface area contributed by atoms with Crippen LogP contribution in [-0.2, 0) is 4.79 Å². The van der Waals surface area contributed by atoms with E-state index in [9.17, 15) is 4.79 Å². The van der Waals surface area contributed by atoms with E-state index in [1.54, 1.807) is 23.9 Å². The van der Waals surface area contributed by atoms with E-state index in [2.05, 4.69) is 17.4 Å². The second-order valence-electron chi connectivity index (χ2n) is 4.91. The lowest BCUT2D eigenvalue weighted by molar-refractivity contribution is -0.123. The third-order valence-corrected chi connectivity index (χ3v) is 4.47. The smallest absolute Gasteiger partial charge is 0.257 e. The van der Waals surface area contributed by atoms with Crippen molar-refractivity contribution >= 4 is 29.3 Å². The molecule has 1 N–H and O–H groups in total. The first kappa shape index (κ1) is 18.2. The van der Waals surface area contributed by atoms with E-state index >= 15 is 0 Å². The zero-order chi connectivity index (χ0) is 17.2. The van der Waals surface area contributed by atoms with Crippen LogP contribution in [0.1, 0.15) is 12.0 Å². The SMILES string of the molecule is N#Cc1ccc(OCC(=O)NCCCSc2ccccc2)c(Cl)c1. The van der Waals surface area contributed by atoms with Crippen LogP contribution >= 0.6 is 23.4 Å². The highest BCUT2D eigenvalue weighted by molar-refractivity contribution is 7.99. The molecule has 0 saturated heterocycles. The summed E-state index contributed by atoms with van der Waals surface area (Å²) in [4.78, 5) is 13.0. The second kappa shape index (κ2) is 9.86. The first-order valence-electron chi connectivity index (χ1n) is 7.46. The Labute approximate surface area is 150 Å². The van der Waals surface area contributed by atoms with Gasteiger partial charge >= 0.3 is 0 Å². The van der Waals surface area contributed by atoms with E-state index in [1.165, 1.54) is 11.0 Å². The highest BCUT2D eigenvalue weighted by atomic mass is 35.5. The van der Waals surface area contributed by atoms with Crippen LogP contribution < -0.4 is 10.1 Å². The maximum Gasteiger partial charge on any atom is 0.257 e. The van der Waals surface area contributed by atoms with Gasteiger partial charge in [0.05, 0.1) is 16.7 Å². The van der Waals surface area contributed by atoms with Gasteiger partial charge in [-0.05, 0) is 42.5 Å². The van der Waals surface area contributed by atoms with Gasteiger partial charge in [0.15, 0.2) is 6.61 Å². The fourth-order valence-electron chi connectivity index (χ4n) is 1.89. The summed E-state index contributed by atoms with van der Waals surface area (Å²) in [5.41, 5.74) is 0.452. The van der Waals surface area contributed by atoms with E-state index in [0.29, 0.717) is 22.9 Å². The van der Waals surface area contributed by atoms with Crippen LogP contribution in [0, 0.1) is 11.3 Å². The van der Waals surface area contributed by atoms with Gasteiger partial charge in [0.1, 0.15) is 5.75 Å². The highest BCUT2D eigenvalue weighted by Gasteiger charge is 2.06. The minimum absolute atomic E-state index is 0.0998. The van der Waals surface area contributed by atoms with Crippen LogP contribution in [0.5, 0.6) is 5.75 Å². The van der Waals surface area contributed by atoms with Gasteiger partial charge in [-0.25, -0.2) is 0 Å². The lowest BCUT2D eigenvalue weighted by atomic mass is 10.2. The molecule has 2 rings (SSSR count). The molecule has 0 saturated carbocycles. The Hall–Kier alpha value is -2.16. The Bertz CT molecular complexity index is 717. The summed E-state index contributed by atoms with van der Waals surface area (Å²) < 4.78 is 5.37. The van der Waals surface area contributed by atoms with Gasteiger partial charge in [-0.2, -0.15) is 5.26 Å². The number of benzene rings is 2. The molecule has 0 aromatic heterocycles. The summed E-state index contributed by atoms with van der Waals surface area (Å²) in [7, 11) is 0. The van der Waals surface area contributed by atoms with Crippen LogP contribution in [0.15, 0.2) is 53.4 Å². The van der Waals surface area contributed by atoms with Crippen LogP contribution in [0.3, 0.4) is 0 Å². The van der Waals surface area contributed by atoms with Crippen molar-refractivity contribution in [2.24, 2.45) is 0 Å². The zero-order valence-electron chi connectivity index (χ0n) is 13.0. The number of carbonyl (C=O) groups excluding carboxylic acids is 1. The van der Waals surface area contributed by atoms with Crippen molar-refractivity contribution in [2.45, 2.75) is 11.3 Å². The number of nitrogens with zero attached hydrogens (tertiary/aromatic N) is 1. The molecule has 0 aliphatic heterocycles. The third-order valence-electron chi connectivity index (χ3n) is 3.07. The molecule has 2 aromatic rings. The predicted molar refractivity (Wildman–Crippen MR) is 96.5 cm³/mol. The molecule has 1 amide bonds. The molecule has 0 spiro atoms. The number of ether oxygens (including phenoxy) is 1. The fraction of sp³-hybridized carbons (Fsp3) is 0.222. The summed E-state index contributed by atoms with van der Waals surface area (Å²) in [5, 5.41) is 11.9. The van der Waals surface area contributed by atoms with E-state index in [0.717, 1.165) is 12.2 Å². The standard InChI is InChI=1S/C18H17ClN2O2S/c19-16-11-14(12-20)7-8-17(16)23-13-18(22)21-9-4-10-24-15-5-2-1-3-6-15/h1-3,5-8,11H,4,9-10,13H2,(H,21,22). The molecular formula is C18H17ClN2O2S. The van der Waals surface area contributed by atoms with Crippen molar-refractivity contribution in [3.63, 3.8) is 0 Å². The first-order valence-corrected chi connectivity index (χ1v) is 8.82. The molecule has 0 unspecified atom stereocenters. The molecule has 0 bridgehead atoms. The Morgan fingerprint density at radius 1 is 1.25 bits per heavy atom. The van der Waals surface area contributed by atoms with Gasteiger partial charge < -0.3 is 10.1 Å². The van der Waals surface area contributed by atoms with Crippen molar-refractivity contribution in [3.8, 4) is 11.8 Å². The second-order valence-corrected chi connectivity index (χ2v) is 6.49. The van der Waals surface area contributed by atoms with Gasteiger partial charge in [0.2, 0.25) is 0 Å². The monoisotopic (exact) mass is 360 g/mol. The number of thioether (sulfide) groups is 1. The maximum absolute atomic E-state index is 11.7. The minimum Gasteiger partial charge on any atom is -0.482 e. The fourth-order valence-corrected chi connectivity index (χ4v) is 3.00. The molecule has 0 aliphatic rings. The van der Waals surface area contributed by atoms with Crippen molar-refractivity contribution in [2.75, 3.05) is 18.9 Å². The lowest BCUT2D eigenvalue weighted by Gasteiger charge is -2.09. The van der Waals surface area contributed by atoms with Crippen LogP contribution in [0.4, 0.5) is 0 Å². The lowest BCUT2D eigenvalue weighted by Crippen LogP contribution is -2.30. The van der Waals surface area contributed by atoms with E-state index in [4.69, 9.17) is 21.6 Å². The molecule has 2 aromatic carbocycles. The van der Waals surface area contributed by atoms with E-state index < -0.39 is 0 Å². The number of nitrogens with one attached hydrogen (secondary N) is 1. The molecule has 24 heavy (non-hydrogen) atoms. The average molecular weight is 361 g/mol.